The van der Waals surface area contributed by atoms with E-state index in [0.717, 1.165) is 11.5 Å². The van der Waals surface area contributed by atoms with Crippen molar-refractivity contribution in [1.29, 1.82) is 0 Å². The third kappa shape index (κ3) is 13.1. The van der Waals surface area contributed by atoms with Crippen molar-refractivity contribution in [3.8, 4) is 11.5 Å². The number of rotatable bonds is 2. The van der Waals surface area contributed by atoms with Gasteiger partial charge in [-0.2, -0.15) is 0 Å². The molecule has 0 aliphatic carbocycles. The molecule has 0 N–H and O–H groups in total. The van der Waals surface area contributed by atoms with Gasteiger partial charge in [-0.1, -0.05) is 36.4 Å². The molecule has 0 radical (unpaired) electrons. The number of hydrogen-bond donors (Lipinski definition) is 0. The van der Waals surface area contributed by atoms with Gasteiger partial charge in [0.1, 0.15) is 11.5 Å². The third-order valence-corrected chi connectivity index (χ3v) is 1.72. The molecule has 2 rings (SSSR count). The van der Waals surface area contributed by atoms with Gasteiger partial charge in [0.15, 0.2) is 0 Å². The topological polar surface area (TPSA) is 89.5 Å². The van der Waals surface area contributed by atoms with Crippen LogP contribution in [0.15, 0.2) is 60.7 Å². The van der Waals surface area contributed by atoms with Crippen molar-refractivity contribution in [2.45, 2.75) is 0 Å². The number of benzene rings is 2. The maximum absolute atomic E-state index is 8.52. The molecule has 0 saturated carbocycles. The van der Waals surface area contributed by atoms with Crippen LogP contribution in [-0.4, -0.2) is 17.5 Å². The van der Waals surface area contributed by atoms with Gasteiger partial charge in [-0.25, -0.2) is 0 Å². The van der Waals surface area contributed by atoms with E-state index in [1.807, 2.05) is 60.7 Å². The van der Waals surface area contributed by atoms with Crippen LogP contribution in [0, 0.1) is 0 Å². The molecule has 20 heavy (non-hydrogen) atoms. The van der Waals surface area contributed by atoms with Crippen LogP contribution in [0.25, 0.3) is 0 Å². The van der Waals surface area contributed by atoms with Gasteiger partial charge in [0.25, 0.3) is 0 Å². The van der Waals surface area contributed by atoms with Gasteiger partial charge < -0.3 is 13.8 Å². The van der Waals surface area contributed by atoms with Crippen LogP contribution in [0.1, 0.15) is 0 Å². The Morgan fingerprint density at radius 3 is 1.20 bits per heavy atom. The number of para-hydroxylation sites is 2. The normalized spacial score (nSPS) is 9.10. The fourth-order valence-corrected chi connectivity index (χ4v) is 1.11. The van der Waals surface area contributed by atoms with E-state index in [9.17, 15) is 0 Å². The summed E-state index contributed by atoms with van der Waals surface area (Å²) in [5.41, 5.74) is 0. The van der Waals surface area contributed by atoms with Crippen molar-refractivity contribution in [2.75, 3.05) is 0 Å². The Morgan fingerprint density at radius 1 is 0.700 bits per heavy atom. The third-order valence-electron chi connectivity index (χ3n) is 1.72. The average molecular weight is 312 g/mol. The summed E-state index contributed by atoms with van der Waals surface area (Å²) in [4.78, 5) is 0. The largest absolute Gasteiger partial charge is 1.00 e. The first-order chi connectivity index (χ1) is 8.45. The minimum absolute atomic E-state index is 0. The average Bonchev–Trinajstić information content (AvgIpc) is 2.29. The van der Waals surface area contributed by atoms with Gasteiger partial charge >= 0.3 is 59.1 Å². The first-order valence-electron chi connectivity index (χ1n) is 4.90. The first kappa shape index (κ1) is 22.4. The van der Waals surface area contributed by atoms with E-state index in [0.29, 0.717) is 0 Å². The van der Waals surface area contributed by atoms with E-state index in [4.69, 9.17) is 22.3 Å². The Balaban J connectivity index is 0. The molecular formula is C12H10Na2O5S. The molecule has 8 heteroatoms. The molecule has 2 aromatic carbocycles. The zero-order valence-corrected chi connectivity index (χ0v) is 16.0. The SMILES string of the molecule is O=S(=O)([O-])[O-].[Na+].[Na+].c1ccc(Oc2ccccc2)cc1. The minimum atomic E-state index is -5.17. The standard InChI is InChI=1S/C12H10O.2Na.H2O4S/c1-3-7-11(8-4-1)13-12-9-5-2-6-10-12;;;1-5(2,3)4/h1-10H;;;(H2,1,2,3,4)/q;2*+1;/p-2. The van der Waals surface area contributed by atoms with Crippen LogP contribution in [0.3, 0.4) is 0 Å². The van der Waals surface area contributed by atoms with Crippen molar-refractivity contribution < 1.29 is 81.4 Å². The van der Waals surface area contributed by atoms with E-state index in [1.165, 1.54) is 0 Å². The summed E-state index contributed by atoms with van der Waals surface area (Å²) in [5.74, 6) is 1.74. The summed E-state index contributed by atoms with van der Waals surface area (Å²) < 4.78 is 39.7. The molecule has 0 amide bonds. The van der Waals surface area contributed by atoms with Gasteiger partial charge in [-0.3, -0.25) is 8.42 Å². The molecule has 0 aliphatic heterocycles. The Labute approximate surface area is 162 Å². The summed E-state index contributed by atoms with van der Waals surface area (Å²) in [6, 6.07) is 19.5. The molecular weight excluding hydrogens is 302 g/mol. The first-order valence-corrected chi connectivity index (χ1v) is 6.23. The van der Waals surface area contributed by atoms with Crippen LogP contribution < -0.4 is 63.9 Å². The summed E-state index contributed by atoms with van der Waals surface area (Å²) in [6.07, 6.45) is 0. The van der Waals surface area contributed by atoms with Crippen molar-refractivity contribution in [1.82, 2.24) is 0 Å². The summed E-state index contributed by atoms with van der Waals surface area (Å²) in [6.45, 7) is 0. The fourth-order valence-electron chi connectivity index (χ4n) is 1.11. The molecule has 5 nitrogen and oxygen atoms in total. The van der Waals surface area contributed by atoms with Crippen molar-refractivity contribution in [3.63, 3.8) is 0 Å². The molecule has 0 aliphatic rings. The zero-order chi connectivity index (χ0) is 13.4. The fraction of sp³-hybridized carbons (Fsp3) is 0. The van der Waals surface area contributed by atoms with E-state index in [2.05, 4.69) is 0 Å². The second-order valence-electron chi connectivity index (χ2n) is 3.14. The molecule has 96 valence electrons. The monoisotopic (exact) mass is 312 g/mol. The van der Waals surface area contributed by atoms with Gasteiger partial charge in [-0.15, -0.1) is 0 Å². The predicted octanol–water partition coefficient (Wildman–Crippen LogP) is -3.85. The van der Waals surface area contributed by atoms with E-state index in [-0.39, 0.29) is 59.1 Å². The van der Waals surface area contributed by atoms with Gasteiger partial charge in [0, 0.05) is 10.4 Å². The van der Waals surface area contributed by atoms with Gasteiger partial charge in [-0.05, 0) is 24.3 Å². The van der Waals surface area contributed by atoms with Crippen LogP contribution >= 0.6 is 0 Å². The van der Waals surface area contributed by atoms with E-state index < -0.39 is 10.4 Å². The Morgan fingerprint density at radius 2 is 0.950 bits per heavy atom. The minimum Gasteiger partial charge on any atom is -0.759 e. The van der Waals surface area contributed by atoms with Crippen molar-refractivity contribution in [2.24, 2.45) is 0 Å². The summed E-state index contributed by atoms with van der Waals surface area (Å²) in [5, 5.41) is 0. The Hall–Kier alpha value is 0.110. The zero-order valence-electron chi connectivity index (χ0n) is 11.2. The molecule has 2 aromatic rings. The second kappa shape index (κ2) is 11.7. The quantitative estimate of drug-likeness (QED) is 0.322. The van der Waals surface area contributed by atoms with Crippen molar-refractivity contribution >= 4 is 10.4 Å². The van der Waals surface area contributed by atoms with Crippen LogP contribution in [-0.2, 0) is 10.4 Å². The van der Waals surface area contributed by atoms with Crippen LogP contribution in [0.4, 0.5) is 0 Å². The van der Waals surface area contributed by atoms with E-state index in [1.54, 1.807) is 0 Å². The van der Waals surface area contributed by atoms with E-state index >= 15 is 0 Å². The van der Waals surface area contributed by atoms with Crippen molar-refractivity contribution in [3.05, 3.63) is 60.7 Å². The molecule has 0 bridgehead atoms. The number of hydrogen-bond acceptors (Lipinski definition) is 5. The van der Waals surface area contributed by atoms with Crippen LogP contribution in [0.2, 0.25) is 0 Å². The van der Waals surface area contributed by atoms with Crippen LogP contribution in [0.5, 0.6) is 11.5 Å². The Bertz CT molecular complexity index is 515. The van der Waals surface area contributed by atoms with Gasteiger partial charge in [0.05, 0.1) is 0 Å². The molecule has 0 heterocycles. The summed E-state index contributed by atoms with van der Waals surface area (Å²) >= 11 is 0. The van der Waals surface area contributed by atoms with Gasteiger partial charge in [0.2, 0.25) is 0 Å². The molecule has 0 fully saturated rings. The molecule has 0 saturated heterocycles. The predicted molar refractivity (Wildman–Crippen MR) is 63.4 cm³/mol. The maximum Gasteiger partial charge on any atom is 1.00 e. The Kier molecular flexibility index (Phi) is 13.1. The molecule has 0 spiro atoms. The molecule has 0 atom stereocenters. The molecule has 0 aromatic heterocycles. The molecule has 0 unspecified atom stereocenters. The smallest absolute Gasteiger partial charge is 0.759 e. The maximum atomic E-state index is 8.52. The summed E-state index contributed by atoms with van der Waals surface area (Å²) in [7, 11) is -5.17. The second-order valence-corrected chi connectivity index (χ2v) is 3.95. The number of ether oxygens (including phenoxy) is 1.